The van der Waals surface area contributed by atoms with Gasteiger partial charge in [-0.15, -0.1) is 11.3 Å². The number of methoxy groups -OCH3 is 1. The maximum atomic E-state index is 10.1. The van der Waals surface area contributed by atoms with Crippen molar-refractivity contribution in [2.45, 2.75) is 25.9 Å². The molecule has 0 amide bonds. The number of thiazole rings is 1. The van der Waals surface area contributed by atoms with Gasteiger partial charge < -0.3 is 15.2 Å². The number of hydrogen-bond acceptors (Lipinski definition) is 5. The van der Waals surface area contributed by atoms with E-state index < -0.39 is 0 Å². The maximum absolute atomic E-state index is 10.1. The average Bonchev–Trinajstić information content (AvgIpc) is 2.96. The Morgan fingerprint density at radius 1 is 1.50 bits per heavy atom. The maximum Gasteiger partial charge on any atom is 0.162 e. The summed E-state index contributed by atoms with van der Waals surface area (Å²) in [6.45, 7) is 2.60. The van der Waals surface area contributed by atoms with E-state index in [-0.39, 0.29) is 11.8 Å². The molecule has 0 radical (unpaired) electrons. The summed E-state index contributed by atoms with van der Waals surface area (Å²) < 4.78 is 5.10. The highest BCUT2D eigenvalue weighted by molar-refractivity contribution is 7.09. The highest BCUT2D eigenvalue weighted by Crippen LogP contribution is 2.33. The summed E-state index contributed by atoms with van der Waals surface area (Å²) in [4.78, 5) is 4.32. The second-order valence-corrected chi connectivity index (χ2v) is 5.69. The smallest absolute Gasteiger partial charge is 0.162 e. The quantitative estimate of drug-likeness (QED) is 0.853. The summed E-state index contributed by atoms with van der Waals surface area (Å²) >= 11 is 7.64. The van der Waals surface area contributed by atoms with Crippen LogP contribution in [0.15, 0.2) is 23.7 Å². The molecule has 2 N–H and O–H groups in total. The van der Waals surface area contributed by atoms with Crippen molar-refractivity contribution >= 4 is 22.9 Å². The number of aromatic nitrogens is 1. The molecule has 0 spiro atoms. The van der Waals surface area contributed by atoms with Gasteiger partial charge in [-0.25, -0.2) is 4.98 Å². The van der Waals surface area contributed by atoms with Gasteiger partial charge in [-0.3, -0.25) is 0 Å². The average molecular weight is 313 g/mol. The van der Waals surface area contributed by atoms with E-state index in [9.17, 15) is 5.11 Å². The molecule has 0 aliphatic rings. The third kappa shape index (κ3) is 3.42. The number of ether oxygens (including phenoxy) is 1. The summed E-state index contributed by atoms with van der Waals surface area (Å²) in [7, 11) is 1.51. The summed E-state index contributed by atoms with van der Waals surface area (Å²) in [6, 6.07) is 3.50. The first-order valence-corrected chi connectivity index (χ1v) is 7.59. The minimum Gasteiger partial charge on any atom is -0.504 e. The zero-order valence-corrected chi connectivity index (χ0v) is 13.0. The highest BCUT2D eigenvalue weighted by Gasteiger charge is 2.14. The number of nitrogens with zero attached hydrogens (tertiary/aromatic N) is 1. The van der Waals surface area contributed by atoms with Gasteiger partial charge in [0.15, 0.2) is 11.5 Å². The number of aromatic hydroxyl groups is 1. The Bertz CT molecular complexity index is 561. The van der Waals surface area contributed by atoms with Crippen LogP contribution in [0.5, 0.6) is 11.5 Å². The van der Waals surface area contributed by atoms with Crippen LogP contribution in [0, 0.1) is 0 Å². The van der Waals surface area contributed by atoms with Crippen LogP contribution in [0.1, 0.15) is 30.0 Å². The van der Waals surface area contributed by atoms with Crippen LogP contribution in [-0.2, 0) is 6.54 Å². The van der Waals surface area contributed by atoms with Crippen molar-refractivity contribution in [2.75, 3.05) is 7.11 Å². The standard InChI is InChI=1S/C14H17ClN2O2S/c1-3-11(14-16-4-5-20-14)17-8-9-6-10(15)7-12(19-2)13(9)18/h4-7,11,17-18H,3,8H2,1-2H3. The van der Waals surface area contributed by atoms with Crippen LogP contribution in [0.4, 0.5) is 0 Å². The molecule has 1 atom stereocenters. The lowest BCUT2D eigenvalue weighted by atomic mass is 10.1. The Kier molecular flexibility index (Phi) is 5.23. The van der Waals surface area contributed by atoms with Crippen LogP contribution in [0.25, 0.3) is 0 Å². The zero-order valence-electron chi connectivity index (χ0n) is 11.4. The molecule has 4 nitrogen and oxygen atoms in total. The first-order valence-electron chi connectivity index (χ1n) is 6.33. The molecule has 0 saturated carbocycles. The van der Waals surface area contributed by atoms with Crippen molar-refractivity contribution in [2.24, 2.45) is 0 Å². The second-order valence-electron chi connectivity index (χ2n) is 4.33. The van der Waals surface area contributed by atoms with Gasteiger partial charge in [0.1, 0.15) is 5.01 Å². The molecular weight excluding hydrogens is 296 g/mol. The predicted molar refractivity (Wildman–Crippen MR) is 81.7 cm³/mol. The summed E-state index contributed by atoms with van der Waals surface area (Å²) in [5.41, 5.74) is 0.712. The Hall–Kier alpha value is -1.30. The van der Waals surface area contributed by atoms with E-state index in [1.165, 1.54) is 7.11 Å². The van der Waals surface area contributed by atoms with Gasteiger partial charge in [-0.2, -0.15) is 0 Å². The minimum absolute atomic E-state index is 0.124. The van der Waals surface area contributed by atoms with Crippen LogP contribution >= 0.6 is 22.9 Å². The van der Waals surface area contributed by atoms with Gasteiger partial charge in [-0.1, -0.05) is 18.5 Å². The second kappa shape index (κ2) is 6.92. The molecule has 0 saturated heterocycles. The van der Waals surface area contributed by atoms with E-state index in [0.29, 0.717) is 22.9 Å². The predicted octanol–water partition coefficient (Wildman–Crippen LogP) is 3.75. The molecule has 0 aliphatic heterocycles. The number of phenolic OH excluding ortho intramolecular Hbond substituents is 1. The normalized spacial score (nSPS) is 12.3. The topological polar surface area (TPSA) is 54.4 Å². The van der Waals surface area contributed by atoms with E-state index in [4.69, 9.17) is 16.3 Å². The SMILES string of the molecule is CCC(NCc1cc(Cl)cc(OC)c1O)c1nccs1. The lowest BCUT2D eigenvalue weighted by Crippen LogP contribution is -2.20. The van der Waals surface area contributed by atoms with Crippen LogP contribution in [0.2, 0.25) is 5.02 Å². The number of rotatable bonds is 6. The first-order chi connectivity index (χ1) is 9.65. The van der Waals surface area contributed by atoms with Gasteiger partial charge in [0.05, 0.1) is 13.2 Å². The van der Waals surface area contributed by atoms with E-state index in [1.54, 1.807) is 29.7 Å². The van der Waals surface area contributed by atoms with Crippen LogP contribution in [0.3, 0.4) is 0 Å². The lowest BCUT2D eigenvalue weighted by molar-refractivity contribution is 0.368. The Morgan fingerprint density at radius 3 is 2.90 bits per heavy atom. The minimum atomic E-state index is 0.124. The summed E-state index contributed by atoms with van der Waals surface area (Å²) in [5, 5.41) is 17.0. The summed E-state index contributed by atoms with van der Waals surface area (Å²) in [5.74, 6) is 0.509. The third-order valence-electron chi connectivity index (χ3n) is 3.04. The highest BCUT2D eigenvalue weighted by atomic mass is 35.5. The lowest BCUT2D eigenvalue weighted by Gasteiger charge is -2.16. The molecule has 108 valence electrons. The molecule has 2 rings (SSSR count). The fourth-order valence-electron chi connectivity index (χ4n) is 1.96. The van der Waals surface area contributed by atoms with Gasteiger partial charge >= 0.3 is 0 Å². The number of phenols is 1. The van der Waals surface area contributed by atoms with Crippen LogP contribution < -0.4 is 10.1 Å². The monoisotopic (exact) mass is 312 g/mol. The molecular formula is C14H17ClN2O2S. The fourth-order valence-corrected chi connectivity index (χ4v) is 2.99. The van der Waals surface area contributed by atoms with E-state index in [0.717, 1.165) is 11.4 Å². The van der Waals surface area contributed by atoms with E-state index >= 15 is 0 Å². The van der Waals surface area contributed by atoms with Gasteiger partial charge in [0.2, 0.25) is 0 Å². The van der Waals surface area contributed by atoms with Crippen molar-refractivity contribution in [3.8, 4) is 11.5 Å². The molecule has 1 aromatic carbocycles. The molecule has 1 aromatic heterocycles. The molecule has 1 heterocycles. The molecule has 6 heteroatoms. The van der Waals surface area contributed by atoms with E-state index in [2.05, 4.69) is 17.2 Å². The molecule has 0 fully saturated rings. The van der Waals surface area contributed by atoms with Gasteiger partial charge in [-0.05, 0) is 12.5 Å². The third-order valence-corrected chi connectivity index (χ3v) is 4.14. The largest absolute Gasteiger partial charge is 0.504 e. The van der Waals surface area contributed by atoms with Crippen molar-refractivity contribution in [1.82, 2.24) is 10.3 Å². The van der Waals surface area contributed by atoms with Crippen molar-refractivity contribution in [3.63, 3.8) is 0 Å². The fraction of sp³-hybridized carbons (Fsp3) is 0.357. The number of halogens is 1. The zero-order chi connectivity index (χ0) is 14.5. The Labute approximate surface area is 127 Å². The Balaban J connectivity index is 2.12. The molecule has 20 heavy (non-hydrogen) atoms. The molecule has 0 aliphatic carbocycles. The van der Waals surface area contributed by atoms with Crippen LogP contribution in [-0.4, -0.2) is 17.2 Å². The molecule has 2 aromatic rings. The number of nitrogens with one attached hydrogen (secondary N) is 1. The number of hydrogen-bond donors (Lipinski definition) is 2. The number of benzene rings is 1. The van der Waals surface area contributed by atoms with Gasteiger partial charge in [0, 0.05) is 34.8 Å². The summed E-state index contributed by atoms with van der Waals surface area (Å²) in [6.07, 6.45) is 2.72. The Morgan fingerprint density at radius 2 is 2.30 bits per heavy atom. The van der Waals surface area contributed by atoms with Gasteiger partial charge in [0.25, 0.3) is 0 Å². The van der Waals surface area contributed by atoms with Crippen molar-refractivity contribution in [3.05, 3.63) is 39.3 Å². The van der Waals surface area contributed by atoms with Crippen molar-refractivity contribution < 1.29 is 9.84 Å². The first kappa shape index (κ1) is 15.1. The van der Waals surface area contributed by atoms with Crippen molar-refractivity contribution in [1.29, 1.82) is 0 Å². The van der Waals surface area contributed by atoms with E-state index in [1.807, 2.05) is 5.38 Å². The molecule has 1 unspecified atom stereocenters. The molecule has 0 bridgehead atoms.